The maximum atomic E-state index is 5.88. The fourth-order valence-corrected chi connectivity index (χ4v) is 1.30. The minimum Gasteiger partial charge on any atom is -0.462 e. The number of ether oxygens (including phenoxy) is 1. The molecule has 0 radical (unpaired) electrons. The average molecular weight is 204 g/mol. The lowest BCUT2D eigenvalue weighted by Gasteiger charge is -2.23. The molecule has 1 aromatic rings. The van der Waals surface area contributed by atoms with Gasteiger partial charge in [-0.2, -0.15) is 0 Å². The van der Waals surface area contributed by atoms with Crippen molar-refractivity contribution < 1.29 is 4.74 Å². The molecule has 0 aliphatic rings. The smallest absolute Gasteiger partial charge is 0.126 e. The summed E-state index contributed by atoms with van der Waals surface area (Å²) in [4.78, 5) is 0. The number of rotatable bonds is 3. The summed E-state index contributed by atoms with van der Waals surface area (Å²) in [6.45, 7) is 8.62. The van der Waals surface area contributed by atoms with Crippen LogP contribution in [0.2, 0.25) is 0 Å². The van der Waals surface area contributed by atoms with E-state index < -0.39 is 0 Å². The first-order chi connectivity index (χ1) is 7.04. The van der Waals surface area contributed by atoms with Crippen molar-refractivity contribution in [3.63, 3.8) is 0 Å². The van der Waals surface area contributed by atoms with Crippen molar-refractivity contribution in [3.8, 4) is 5.75 Å². The summed E-state index contributed by atoms with van der Waals surface area (Å²) in [5.74, 6) is 1.95. The van der Waals surface area contributed by atoms with E-state index in [1.807, 2.05) is 30.3 Å². The summed E-state index contributed by atoms with van der Waals surface area (Å²) >= 11 is 0. The highest BCUT2D eigenvalue weighted by Gasteiger charge is 2.18. The zero-order chi connectivity index (χ0) is 11.3. The van der Waals surface area contributed by atoms with E-state index in [2.05, 4.69) is 33.8 Å². The summed E-state index contributed by atoms with van der Waals surface area (Å²) in [6, 6.07) is 9.93. The molecule has 0 heterocycles. The van der Waals surface area contributed by atoms with Gasteiger partial charge in [-0.05, 0) is 24.6 Å². The van der Waals surface area contributed by atoms with Crippen LogP contribution in [0.15, 0.2) is 42.2 Å². The minimum atomic E-state index is 0.0614. The lowest BCUT2D eigenvalue weighted by molar-refractivity contribution is 0.292. The third-order valence-corrected chi connectivity index (χ3v) is 2.10. The molecular weight excluding hydrogens is 184 g/mol. The Morgan fingerprint density at radius 2 is 1.80 bits per heavy atom. The third kappa shape index (κ3) is 3.78. The topological polar surface area (TPSA) is 9.23 Å². The Labute approximate surface area is 92.8 Å². The van der Waals surface area contributed by atoms with Crippen molar-refractivity contribution in [2.75, 3.05) is 0 Å². The lowest BCUT2D eigenvalue weighted by atomic mass is 9.93. The maximum Gasteiger partial charge on any atom is 0.126 e. The Morgan fingerprint density at radius 3 is 2.27 bits per heavy atom. The van der Waals surface area contributed by atoms with Crippen molar-refractivity contribution in [1.82, 2.24) is 0 Å². The standard InChI is InChI=1S/C14H20O/c1-5-9-13(14(2,3)4)15-12-10-7-6-8-11-12/h6-11H,5H2,1-4H3. The van der Waals surface area contributed by atoms with Crippen LogP contribution in [0.1, 0.15) is 34.1 Å². The summed E-state index contributed by atoms with van der Waals surface area (Å²) in [5, 5.41) is 0. The van der Waals surface area contributed by atoms with Crippen LogP contribution < -0.4 is 4.74 Å². The fraction of sp³-hybridized carbons (Fsp3) is 0.429. The van der Waals surface area contributed by atoms with E-state index in [0.717, 1.165) is 17.9 Å². The number of benzene rings is 1. The molecule has 0 N–H and O–H groups in total. The van der Waals surface area contributed by atoms with Gasteiger partial charge in [0.05, 0.1) is 0 Å². The Hall–Kier alpha value is -1.24. The van der Waals surface area contributed by atoms with Gasteiger partial charge in [-0.25, -0.2) is 0 Å². The molecule has 0 aromatic heterocycles. The molecule has 1 nitrogen and oxygen atoms in total. The molecule has 0 saturated heterocycles. The quantitative estimate of drug-likeness (QED) is 0.663. The molecule has 0 spiro atoms. The van der Waals surface area contributed by atoms with E-state index in [1.165, 1.54) is 0 Å². The molecule has 82 valence electrons. The Kier molecular flexibility index (Phi) is 3.96. The van der Waals surface area contributed by atoms with Gasteiger partial charge < -0.3 is 4.74 Å². The van der Waals surface area contributed by atoms with Crippen LogP contribution in [0.4, 0.5) is 0 Å². The largest absolute Gasteiger partial charge is 0.462 e. The van der Waals surface area contributed by atoms with Gasteiger partial charge in [-0.3, -0.25) is 0 Å². The summed E-state index contributed by atoms with van der Waals surface area (Å²) in [6.07, 6.45) is 3.15. The monoisotopic (exact) mass is 204 g/mol. The first kappa shape index (κ1) is 11.8. The van der Waals surface area contributed by atoms with Crippen molar-refractivity contribution in [3.05, 3.63) is 42.2 Å². The molecule has 0 fully saturated rings. The second-order valence-corrected chi connectivity index (χ2v) is 4.64. The zero-order valence-corrected chi connectivity index (χ0v) is 10.1. The highest BCUT2D eigenvalue weighted by molar-refractivity contribution is 5.24. The Bertz CT molecular complexity index is 317. The maximum absolute atomic E-state index is 5.88. The lowest BCUT2D eigenvalue weighted by Crippen LogP contribution is -2.14. The van der Waals surface area contributed by atoms with Gasteiger partial charge in [-0.15, -0.1) is 0 Å². The van der Waals surface area contributed by atoms with E-state index in [1.54, 1.807) is 0 Å². The molecule has 1 aromatic carbocycles. The van der Waals surface area contributed by atoms with Crippen LogP contribution in [0.25, 0.3) is 0 Å². The van der Waals surface area contributed by atoms with Gasteiger partial charge in [0, 0.05) is 5.41 Å². The molecule has 0 bridgehead atoms. The van der Waals surface area contributed by atoms with Crippen molar-refractivity contribution in [2.45, 2.75) is 34.1 Å². The van der Waals surface area contributed by atoms with E-state index >= 15 is 0 Å². The highest BCUT2D eigenvalue weighted by Crippen LogP contribution is 2.28. The first-order valence-electron chi connectivity index (χ1n) is 5.47. The summed E-state index contributed by atoms with van der Waals surface area (Å²) < 4.78 is 5.88. The Balaban J connectivity index is 2.82. The van der Waals surface area contributed by atoms with Gasteiger partial charge >= 0.3 is 0 Å². The van der Waals surface area contributed by atoms with E-state index in [4.69, 9.17) is 4.74 Å². The molecule has 0 aliphatic carbocycles. The van der Waals surface area contributed by atoms with Crippen LogP contribution in [0.5, 0.6) is 5.75 Å². The van der Waals surface area contributed by atoms with Crippen LogP contribution in [-0.2, 0) is 0 Å². The molecule has 0 amide bonds. The third-order valence-electron chi connectivity index (χ3n) is 2.10. The van der Waals surface area contributed by atoms with Gasteiger partial charge in [-0.1, -0.05) is 45.9 Å². The van der Waals surface area contributed by atoms with Crippen molar-refractivity contribution in [2.24, 2.45) is 5.41 Å². The number of hydrogen-bond acceptors (Lipinski definition) is 1. The van der Waals surface area contributed by atoms with Gasteiger partial charge in [0.25, 0.3) is 0 Å². The predicted molar refractivity (Wildman–Crippen MR) is 64.9 cm³/mol. The molecular formula is C14H20O. The average Bonchev–Trinajstić information content (AvgIpc) is 2.17. The number of allylic oxidation sites excluding steroid dienone is 2. The van der Waals surface area contributed by atoms with Gasteiger partial charge in [0.15, 0.2) is 0 Å². The molecule has 15 heavy (non-hydrogen) atoms. The first-order valence-corrected chi connectivity index (χ1v) is 5.47. The fourth-order valence-electron chi connectivity index (χ4n) is 1.30. The van der Waals surface area contributed by atoms with Gasteiger partial charge in [0.2, 0.25) is 0 Å². The molecule has 0 saturated carbocycles. The summed E-state index contributed by atoms with van der Waals surface area (Å²) in [7, 11) is 0. The van der Waals surface area contributed by atoms with Crippen LogP contribution >= 0.6 is 0 Å². The SMILES string of the molecule is CCC=C(Oc1ccccc1)C(C)(C)C. The molecule has 1 heteroatoms. The van der Waals surface area contributed by atoms with Crippen molar-refractivity contribution >= 4 is 0 Å². The normalized spacial score (nSPS) is 12.7. The molecule has 1 rings (SSSR count). The molecule has 0 aliphatic heterocycles. The van der Waals surface area contributed by atoms with E-state index in [-0.39, 0.29) is 5.41 Å². The van der Waals surface area contributed by atoms with E-state index in [9.17, 15) is 0 Å². The van der Waals surface area contributed by atoms with Gasteiger partial charge in [0.1, 0.15) is 11.5 Å². The zero-order valence-electron chi connectivity index (χ0n) is 10.1. The predicted octanol–water partition coefficient (Wildman–Crippen LogP) is 4.41. The highest BCUT2D eigenvalue weighted by atomic mass is 16.5. The van der Waals surface area contributed by atoms with Crippen LogP contribution in [0, 0.1) is 5.41 Å². The van der Waals surface area contributed by atoms with Crippen molar-refractivity contribution in [1.29, 1.82) is 0 Å². The van der Waals surface area contributed by atoms with E-state index in [0.29, 0.717) is 0 Å². The number of hydrogen-bond donors (Lipinski definition) is 0. The second-order valence-electron chi connectivity index (χ2n) is 4.64. The van der Waals surface area contributed by atoms with Crippen LogP contribution in [0.3, 0.4) is 0 Å². The number of para-hydroxylation sites is 1. The molecule has 0 unspecified atom stereocenters. The molecule has 0 atom stereocenters. The van der Waals surface area contributed by atoms with Crippen LogP contribution in [-0.4, -0.2) is 0 Å². The Morgan fingerprint density at radius 1 is 1.20 bits per heavy atom. The minimum absolute atomic E-state index is 0.0614. The summed E-state index contributed by atoms with van der Waals surface area (Å²) in [5.41, 5.74) is 0.0614. The second kappa shape index (κ2) is 5.01.